The number of ether oxygens (including phenoxy) is 1. The maximum atomic E-state index is 6.04. The highest BCUT2D eigenvalue weighted by Crippen LogP contribution is 2.45. The van der Waals surface area contributed by atoms with Crippen molar-refractivity contribution < 1.29 is 4.74 Å². The van der Waals surface area contributed by atoms with E-state index in [1.807, 2.05) is 36.4 Å². The molecule has 1 aliphatic heterocycles. The molecule has 0 atom stereocenters. The van der Waals surface area contributed by atoms with Gasteiger partial charge in [0.05, 0.1) is 11.4 Å². The maximum Gasteiger partial charge on any atom is 0.153 e. The van der Waals surface area contributed by atoms with Gasteiger partial charge < -0.3 is 15.4 Å². The molecule has 0 unspecified atom stereocenters. The first-order valence-electron chi connectivity index (χ1n) is 8.76. The molecule has 126 valence electrons. The fraction of sp³-hybridized carbons (Fsp3) is 0.0435. The molecule has 0 saturated carbocycles. The van der Waals surface area contributed by atoms with Gasteiger partial charge in [0, 0.05) is 6.54 Å². The van der Waals surface area contributed by atoms with E-state index >= 15 is 0 Å². The van der Waals surface area contributed by atoms with Crippen molar-refractivity contribution in [1.29, 1.82) is 0 Å². The average molecular weight is 338 g/mol. The number of nitrogens with one attached hydrogen (secondary N) is 2. The lowest BCUT2D eigenvalue weighted by atomic mass is 10.0. The fourth-order valence-electron chi connectivity index (χ4n) is 3.44. The number of para-hydroxylation sites is 3. The summed E-state index contributed by atoms with van der Waals surface area (Å²) in [5.41, 5.74) is 4.27. The van der Waals surface area contributed by atoms with Gasteiger partial charge >= 0.3 is 0 Å². The van der Waals surface area contributed by atoms with Crippen molar-refractivity contribution in [2.45, 2.75) is 6.54 Å². The SMILES string of the molecule is c1ccc2c(c1)Nc1c(NCc3cccc4ccccc34)cccc1O2. The first kappa shape index (κ1) is 14.8. The molecule has 0 aromatic heterocycles. The van der Waals surface area contributed by atoms with E-state index in [1.54, 1.807) is 0 Å². The number of benzene rings is 4. The molecule has 0 aliphatic carbocycles. The molecule has 1 heterocycles. The molecule has 0 radical (unpaired) electrons. The Bertz CT molecular complexity index is 1100. The largest absolute Gasteiger partial charge is 0.453 e. The Morgan fingerprint density at radius 3 is 2.50 bits per heavy atom. The van der Waals surface area contributed by atoms with Crippen LogP contribution in [0.3, 0.4) is 0 Å². The second kappa shape index (κ2) is 6.12. The summed E-state index contributed by atoms with van der Waals surface area (Å²) in [6, 6.07) is 29.0. The van der Waals surface area contributed by atoms with E-state index < -0.39 is 0 Å². The van der Waals surface area contributed by atoms with Crippen molar-refractivity contribution in [1.82, 2.24) is 0 Å². The first-order chi connectivity index (χ1) is 12.9. The number of hydrogen-bond acceptors (Lipinski definition) is 3. The van der Waals surface area contributed by atoms with Gasteiger partial charge in [-0.15, -0.1) is 0 Å². The van der Waals surface area contributed by atoms with Gasteiger partial charge in [-0.25, -0.2) is 0 Å². The van der Waals surface area contributed by atoms with Crippen LogP contribution in [0, 0.1) is 0 Å². The van der Waals surface area contributed by atoms with E-state index in [-0.39, 0.29) is 0 Å². The van der Waals surface area contributed by atoms with Crippen LogP contribution in [0.4, 0.5) is 17.1 Å². The molecule has 2 N–H and O–H groups in total. The van der Waals surface area contributed by atoms with Crippen LogP contribution >= 0.6 is 0 Å². The summed E-state index contributed by atoms with van der Waals surface area (Å²) in [5, 5.41) is 9.61. The molecular formula is C23H18N2O. The van der Waals surface area contributed by atoms with Crippen LogP contribution in [-0.4, -0.2) is 0 Å². The lowest BCUT2D eigenvalue weighted by molar-refractivity contribution is 0.481. The molecule has 5 rings (SSSR count). The van der Waals surface area contributed by atoms with Crippen molar-refractivity contribution in [2.24, 2.45) is 0 Å². The minimum Gasteiger partial charge on any atom is -0.453 e. The molecule has 4 aromatic rings. The van der Waals surface area contributed by atoms with E-state index in [1.165, 1.54) is 16.3 Å². The quantitative estimate of drug-likeness (QED) is 0.405. The molecule has 3 nitrogen and oxygen atoms in total. The molecule has 4 aromatic carbocycles. The lowest BCUT2D eigenvalue weighted by Gasteiger charge is -2.24. The molecule has 1 aliphatic rings. The summed E-state index contributed by atoms with van der Waals surface area (Å²) in [4.78, 5) is 0. The normalized spacial score (nSPS) is 11.8. The topological polar surface area (TPSA) is 33.3 Å². The predicted molar refractivity (Wildman–Crippen MR) is 108 cm³/mol. The highest BCUT2D eigenvalue weighted by atomic mass is 16.5. The summed E-state index contributed by atoms with van der Waals surface area (Å²) in [7, 11) is 0. The second-order valence-electron chi connectivity index (χ2n) is 6.39. The summed E-state index contributed by atoms with van der Waals surface area (Å²) in [5.74, 6) is 1.69. The average Bonchev–Trinajstić information content (AvgIpc) is 2.70. The fourth-order valence-corrected chi connectivity index (χ4v) is 3.44. The smallest absolute Gasteiger partial charge is 0.153 e. The van der Waals surface area contributed by atoms with Crippen LogP contribution in [0.2, 0.25) is 0 Å². The predicted octanol–water partition coefficient (Wildman–Crippen LogP) is 6.30. The molecule has 0 saturated heterocycles. The Hall–Kier alpha value is -3.46. The molecule has 0 spiro atoms. The second-order valence-corrected chi connectivity index (χ2v) is 6.39. The van der Waals surface area contributed by atoms with Crippen LogP contribution in [0.25, 0.3) is 10.8 Å². The Kier molecular flexibility index (Phi) is 3.49. The lowest BCUT2D eigenvalue weighted by Crippen LogP contribution is -2.07. The van der Waals surface area contributed by atoms with E-state index in [0.717, 1.165) is 35.1 Å². The number of fused-ring (bicyclic) bond motifs is 3. The minimum absolute atomic E-state index is 0.751. The Morgan fingerprint density at radius 2 is 1.50 bits per heavy atom. The van der Waals surface area contributed by atoms with Gasteiger partial charge in [0.2, 0.25) is 0 Å². The molecule has 0 bridgehead atoms. The van der Waals surface area contributed by atoms with Gasteiger partial charge in [-0.3, -0.25) is 0 Å². The first-order valence-corrected chi connectivity index (χ1v) is 8.76. The zero-order valence-corrected chi connectivity index (χ0v) is 14.2. The van der Waals surface area contributed by atoms with Crippen molar-refractivity contribution >= 4 is 27.8 Å². The molecule has 26 heavy (non-hydrogen) atoms. The standard InChI is InChI=1S/C23H18N2O/c1-2-10-18-16(7-1)8-5-9-17(18)15-24-20-12-6-14-22-23(20)25-19-11-3-4-13-21(19)26-22/h1-14,24-25H,15H2. The van der Waals surface area contributed by atoms with Gasteiger partial charge in [-0.1, -0.05) is 60.7 Å². The highest BCUT2D eigenvalue weighted by molar-refractivity contribution is 5.87. The third kappa shape index (κ3) is 2.54. The summed E-state index contributed by atoms with van der Waals surface area (Å²) >= 11 is 0. The van der Waals surface area contributed by atoms with E-state index in [2.05, 4.69) is 59.2 Å². The van der Waals surface area contributed by atoms with Gasteiger partial charge in [0.1, 0.15) is 5.69 Å². The Morgan fingerprint density at radius 1 is 0.731 bits per heavy atom. The Labute approximate surface area is 152 Å². The summed E-state index contributed by atoms with van der Waals surface area (Å²) in [6.07, 6.45) is 0. The molecule has 0 amide bonds. The highest BCUT2D eigenvalue weighted by Gasteiger charge is 2.18. The molecule has 0 fully saturated rings. The third-order valence-electron chi connectivity index (χ3n) is 4.74. The van der Waals surface area contributed by atoms with Crippen molar-refractivity contribution in [3.63, 3.8) is 0 Å². The maximum absolute atomic E-state index is 6.04. The number of anilines is 3. The van der Waals surface area contributed by atoms with Crippen molar-refractivity contribution in [3.05, 3.63) is 90.5 Å². The molecule has 3 heteroatoms. The van der Waals surface area contributed by atoms with Crippen LogP contribution in [-0.2, 0) is 6.54 Å². The van der Waals surface area contributed by atoms with Crippen molar-refractivity contribution in [3.8, 4) is 11.5 Å². The van der Waals surface area contributed by atoms with E-state index in [4.69, 9.17) is 4.74 Å². The number of hydrogen-bond donors (Lipinski definition) is 2. The zero-order chi connectivity index (χ0) is 17.3. The van der Waals surface area contributed by atoms with Gasteiger partial charge in [-0.2, -0.15) is 0 Å². The van der Waals surface area contributed by atoms with Gasteiger partial charge in [0.25, 0.3) is 0 Å². The van der Waals surface area contributed by atoms with Gasteiger partial charge in [0.15, 0.2) is 11.5 Å². The zero-order valence-electron chi connectivity index (χ0n) is 14.2. The monoisotopic (exact) mass is 338 g/mol. The van der Waals surface area contributed by atoms with E-state index in [0.29, 0.717) is 0 Å². The molecular weight excluding hydrogens is 320 g/mol. The summed E-state index contributed by atoms with van der Waals surface area (Å²) < 4.78 is 6.04. The van der Waals surface area contributed by atoms with Crippen LogP contribution in [0.5, 0.6) is 11.5 Å². The van der Waals surface area contributed by atoms with Crippen LogP contribution in [0.15, 0.2) is 84.9 Å². The minimum atomic E-state index is 0.751. The Balaban J connectivity index is 1.46. The summed E-state index contributed by atoms with van der Waals surface area (Å²) in [6.45, 7) is 0.751. The van der Waals surface area contributed by atoms with E-state index in [9.17, 15) is 0 Å². The number of rotatable bonds is 3. The van der Waals surface area contributed by atoms with Crippen molar-refractivity contribution in [2.75, 3.05) is 10.6 Å². The van der Waals surface area contributed by atoms with Gasteiger partial charge in [-0.05, 0) is 40.6 Å². The third-order valence-corrected chi connectivity index (χ3v) is 4.74. The van der Waals surface area contributed by atoms with Crippen LogP contribution < -0.4 is 15.4 Å². The van der Waals surface area contributed by atoms with Crippen LogP contribution in [0.1, 0.15) is 5.56 Å².